The summed E-state index contributed by atoms with van der Waals surface area (Å²) in [5, 5.41) is 56.9. The number of unbranched alkanes of at least 4 members (excludes halogenated alkanes) is 31. The summed E-state index contributed by atoms with van der Waals surface area (Å²) in [6, 6.07) is -1.02. The van der Waals surface area contributed by atoms with Gasteiger partial charge in [-0.25, -0.2) is 0 Å². The highest BCUT2D eigenvalue weighted by atomic mass is 16.7. The van der Waals surface area contributed by atoms with Gasteiger partial charge in [-0.3, -0.25) is 9.59 Å². The van der Waals surface area contributed by atoms with E-state index in [0.29, 0.717) is 19.3 Å². The molecule has 1 heterocycles. The van der Waals surface area contributed by atoms with Crippen molar-refractivity contribution < 1.29 is 49.3 Å². The number of aliphatic hydroxyl groups is 5. The van der Waals surface area contributed by atoms with Crippen LogP contribution in [0.2, 0.25) is 0 Å². The van der Waals surface area contributed by atoms with Crippen LogP contribution in [0.3, 0.4) is 0 Å². The van der Waals surface area contributed by atoms with Gasteiger partial charge >= 0.3 is 5.97 Å². The lowest BCUT2D eigenvalue weighted by molar-refractivity contribution is -0.305. The number of nitrogens with one attached hydrogen (secondary N) is 1. The maximum absolute atomic E-state index is 13.4. The number of allylic oxidation sites excluding steroid dienone is 7. The third kappa shape index (κ3) is 37.1. The van der Waals surface area contributed by atoms with Crippen molar-refractivity contribution >= 4 is 11.9 Å². The Morgan fingerprint density at radius 1 is 0.563 bits per heavy atom. The molecule has 11 heteroatoms. The van der Waals surface area contributed by atoms with Gasteiger partial charge in [-0.1, -0.05) is 256 Å². The fraction of sp³-hybridized carbons (Fsp3) is 0.833. The molecule has 6 N–H and O–H groups in total. The Labute approximate surface area is 434 Å². The Bertz CT molecular complexity index is 1340. The Kier molecular flexibility index (Phi) is 45.6. The summed E-state index contributed by atoms with van der Waals surface area (Å²) in [6.45, 7) is 5.66. The highest BCUT2D eigenvalue weighted by molar-refractivity contribution is 5.80. The summed E-state index contributed by atoms with van der Waals surface area (Å²) in [5.74, 6) is -1.20. The fourth-order valence-electron chi connectivity index (χ4n) is 9.12. The van der Waals surface area contributed by atoms with Crippen LogP contribution in [-0.2, 0) is 23.8 Å². The van der Waals surface area contributed by atoms with Gasteiger partial charge in [0.1, 0.15) is 24.4 Å². The summed E-state index contributed by atoms with van der Waals surface area (Å²) in [5.41, 5.74) is 0. The van der Waals surface area contributed by atoms with E-state index >= 15 is 0 Å². The Hall–Kier alpha value is -2.38. The average Bonchev–Trinajstić information content (AvgIpc) is 3.37. The molecule has 0 radical (unpaired) electrons. The SMILES string of the molecule is CC/C=C/C=C/C=C/CCCCCCCCCC(=O)OC1C(OCC(NC(=O)C(O)CCCCCCCCCCCCCCCC)C(O)/C=C/CCCCCCCCCCCCC)OC(CO)C(O)C1O. The van der Waals surface area contributed by atoms with Gasteiger partial charge in [-0.2, -0.15) is 0 Å². The number of amides is 1. The highest BCUT2D eigenvalue weighted by Gasteiger charge is 2.47. The molecule has 1 rings (SSSR count). The van der Waals surface area contributed by atoms with Crippen molar-refractivity contribution in [3.63, 3.8) is 0 Å². The third-order valence-corrected chi connectivity index (χ3v) is 13.8. The van der Waals surface area contributed by atoms with E-state index in [4.69, 9.17) is 14.2 Å². The smallest absolute Gasteiger partial charge is 0.306 e. The monoisotopic (exact) mass is 1000 g/mol. The second-order valence-corrected chi connectivity index (χ2v) is 20.4. The third-order valence-electron chi connectivity index (χ3n) is 13.8. The van der Waals surface area contributed by atoms with Crippen molar-refractivity contribution in [2.45, 2.75) is 307 Å². The van der Waals surface area contributed by atoms with Crippen LogP contribution in [0, 0.1) is 0 Å². The van der Waals surface area contributed by atoms with Crippen LogP contribution < -0.4 is 5.32 Å². The molecule has 11 nitrogen and oxygen atoms in total. The second kappa shape index (κ2) is 48.6. The van der Waals surface area contributed by atoms with Crippen molar-refractivity contribution in [1.82, 2.24) is 5.32 Å². The first-order chi connectivity index (χ1) is 34.7. The largest absolute Gasteiger partial charge is 0.454 e. The number of hydrogen-bond acceptors (Lipinski definition) is 10. The quantitative estimate of drug-likeness (QED) is 0.0149. The first kappa shape index (κ1) is 66.6. The molecule has 0 aromatic carbocycles. The summed E-state index contributed by atoms with van der Waals surface area (Å²) in [6.07, 6.45) is 47.2. The van der Waals surface area contributed by atoms with E-state index in [0.717, 1.165) is 89.9 Å². The molecule has 0 spiro atoms. The fourth-order valence-corrected chi connectivity index (χ4v) is 9.12. The van der Waals surface area contributed by atoms with Crippen molar-refractivity contribution in [2.24, 2.45) is 0 Å². The van der Waals surface area contributed by atoms with E-state index in [-0.39, 0.29) is 13.0 Å². The van der Waals surface area contributed by atoms with Gasteiger partial charge < -0.3 is 45.1 Å². The van der Waals surface area contributed by atoms with Gasteiger partial charge in [-0.15, -0.1) is 0 Å². The van der Waals surface area contributed by atoms with Crippen molar-refractivity contribution in [3.8, 4) is 0 Å². The lowest BCUT2D eigenvalue weighted by Crippen LogP contribution is -2.61. The zero-order valence-electron chi connectivity index (χ0n) is 45.6. The molecule has 1 fully saturated rings. The van der Waals surface area contributed by atoms with E-state index in [1.807, 2.05) is 12.2 Å². The number of carbonyl (C=O) groups is 2. The Morgan fingerprint density at radius 3 is 1.51 bits per heavy atom. The van der Waals surface area contributed by atoms with Gasteiger partial charge in [-0.05, 0) is 44.9 Å². The van der Waals surface area contributed by atoms with Crippen LogP contribution in [0.1, 0.15) is 258 Å². The Morgan fingerprint density at radius 2 is 1.01 bits per heavy atom. The molecule has 0 aromatic rings. The van der Waals surface area contributed by atoms with Crippen LogP contribution in [0.25, 0.3) is 0 Å². The van der Waals surface area contributed by atoms with E-state index in [1.54, 1.807) is 6.08 Å². The van der Waals surface area contributed by atoms with Crippen LogP contribution in [0.4, 0.5) is 0 Å². The van der Waals surface area contributed by atoms with Gasteiger partial charge in [0.05, 0.1) is 25.4 Å². The number of esters is 1. The zero-order valence-corrected chi connectivity index (χ0v) is 45.6. The number of rotatable bonds is 49. The molecule has 1 aliphatic heterocycles. The molecule has 1 aliphatic rings. The molecule has 8 atom stereocenters. The van der Waals surface area contributed by atoms with E-state index in [2.05, 4.69) is 56.5 Å². The molecular formula is C60H109NO10. The van der Waals surface area contributed by atoms with Gasteiger partial charge in [0.2, 0.25) is 5.91 Å². The standard InChI is InChI=1S/C60H109NO10/c1-4-7-10-13-16-19-22-25-27-30-33-36-39-42-45-48-55(65)71-58-57(67)56(66)54(49-62)70-60(58)69-50-51(52(63)46-43-40-37-34-31-28-24-21-18-15-12-9-6-3)61-59(68)53(64)47-44-41-38-35-32-29-26-23-20-17-14-11-8-5-2/h7,10,13,16,19,22,43,46,51-54,56-58,60,62-64,66-67H,4-6,8-9,11-12,14-15,17-18,20-21,23-42,44-45,47-50H2,1-3H3,(H,61,68)/b10-7+,16-13+,22-19+,46-43+. The molecule has 0 bridgehead atoms. The molecule has 1 amide bonds. The first-order valence-corrected chi connectivity index (χ1v) is 29.4. The lowest BCUT2D eigenvalue weighted by atomic mass is 9.99. The van der Waals surface area contributed by atoms with E-state index < -0.39 is 67.4 Å². The zero-order chi connectivity index (χ0) is 51.8. The van der Waals surface area contributed by atoms with Crippen molar-refractivity contribution in [2.75, 3.05) is 13.2 Å². The van der Waals surface area contributed by atoms with E-state index in [9.17, 15) is 35.1 Å². The Balaban J connectivity index is 2.73. The second-order valence-electron chi connectivity index (χ2n) is 20.4. The number of ether oxygens (including phenoxy) is 3. The molecular weight excluding hydrogens is 895 g/mol. The predicted molar refractivity (Wildman–Crippen MR) is 292 cm³/mol. The molecule has 1 saturated heterocycles. The van der Waals surface area contributed by atoms with Gasteiger partial charge in [0.15, 0.2) is 12.4 Å². The normalized spacial score (nSPS) is 19.9. The summed E-state index contributed by atoms with van der Waals surface area (Å²) >= 11 is 0. The minimum atomic E-state index is -1.62. The van der Waals surface area contributed by atoms with Crippen LogP contribution in [0.15, 0.2) is 48.6 Å². The van der Waals surface area contributed by atoms with Gasteiger partial charge in [0.25, 0.3) is 0 Å². The van der Waals surface area contributed by atoms with Gasteiger partial charge in [0, 0.05) is 6.42 Å². The molecule has 0 aromatic heterocycles. The average molecular weight is 1000 g/mol. The topological polar surface area (TPSA) is 175 Å². The number of carbonyl (C=O) groups excluding carboxylic acids is 2. The summed E-state index contributed by atoms with van der Waals surface area (Å²) < 4.78 is 17.6. The predicted octanol–water partition coefficient (Wildman–Crippen LogP) is 13.3. The maximum Gasteiger partial charge on any atom is 0.306 e. The highest BCUT2D eigenvalue weighted by Crippen LogP contribution is 2.26. The van der Waals surface area contributed by atoms with Crippen LogP contribution >= 0.6 is 0 Å². The number of hydrogen-bond donors (Lipinski definition) is 6. The summed E-state index contributed by atoms with van der Waals surface area (Å²) in [4.78, 5) is 26.5. The van der Waals surface area contributed by atoms with Crippen molar-refractivity contribution in [1.29, 1.82) is 0 Å². The van der Waals surface area contributed by atoms with E-state index in [1.165, 1.54) is 122 Å². The van der Waals surface area contributed by atoms with Crippen LogP contribution in [-0.4, -0.2) is 99.6 Å². The maximum atomic E-state index is 13.4. The minimum absolute atomic E-state index is 0.111. The molecule has 8 unspecified atom stereocenters. The minimum Gasteiger partial charge on any atom is -0.454 e. The molecule has 71 heavy (non-hydrogen) atoms. The molecule has 0 saturated carbocycles. The molecule has 0 aliphatic carbocycles. The van der Waals surface area contributed by atoms with Crippen LogP contribution in [0.5, 0.6) is 0 Å². The lowest BCUT2D eigenvalue weighted by Gasteiger charge is -2.41. The number of aliphatic hydroxyl groups excluding tert-OH is 5. The summed E-state index contributed by atoms with van der Waals surface area (Å²) in [7, 11) is 0. The first-order valence-electron chi connectivity index (χ1n) is 29.4. The molecule has 414 valence electrons. The van der Waals surface area contributed by atoms with Crippen molar-refractivity contribution in [3.05, 3.63) is 48.6 Å².